The normalized spacial score (nSPS) is 15.8. The Labute approximate surface area is 78.6 Å². The molecule has 0 saturated heterocycles. The van der Waals surface area contributed by atoms with Gasteiger partial charge in [0.1, 0.15) is 5.82 Å². The lowest BCUT2D eigenvalue weighted by Crippen LogP contribution is -2.04. The topological polar surface area (TPSA) is 37.8 Å². The molecule has 13 heavy (non-hydrogen) atoms. The van der Waals surface area contributed by atoms with E-state index in [1.807, 2.05) is 13.0 Å². The highest BCUT2D eigenvalue weighted by Gasteiger charge is 2.20. The van der Waals surface area contributed by atoms with Gasteiger partial charge < -0.3 is 5.32 Å². The van der Waals surface area contributed by atoms with Gasteiger partial charge in [-0.25, -0.2) is 0 Å². The van der Waals surface area contributed by atoms with E-state index in [0.717, 1.165) is 23.8 Å². The van der Waals surface area contributed by atoms with Crippen molar-refractivity contribution in [3.8, 4) is 0 Å². The lowest BCUT2D eigenvalue weighted by molar-refractivity contribution is 0.756. The third-order valence-corrected chi connectivity index (χ3v) is 2.35. The van der Waals surface area contributed by atoms with Crippen molar-refractivity contribution in [1.29, 1.82) is 0 Å². The number of hydrogen-bond donors (Lipinski definition) is 1. The number of anilines is 1. The molecule has 1 N–H and O–H groups in total. The van der Waals surface area contributed by atoms with Crippen LogP contribution in [0, 0.1) is 12.8 Å². The molecule has 1 fully saturated rings. The summed E-state index contributed by atoms with van der Waals surface area (Å²) >= 11 is 0. The van der Waals surface area contributed by atoms with Gasteiger partial charge in [-0.05, 0) is 30.9 Å². The second-order valence-corrected chi connectivity index (χ2v) is 3.78. The van der Waals surface area contributed by atoms with Crippen LogP contribution in [-0.4, -0.2) is 16.7 Å². The zero-order valence-corrected chi connectivity index (χ0v) is 7.95. The van der Waals surface area contributed by atoms with Gasteiger partial charge in [0.25, 0.3) is 0 Å². The molecule has 0 radical (unpaired) electrons. The van der Waals surface area contributed by atoms with Gasteiger partial charge in [0.05, 0.1) is 6.20 Å². The highest BCUT2D eigenvalue weighted by Crippen LogP contribution is 2.31. The second-order valence-electron chi connectivity index (χ2n) is 3.78. The SMILES string of the molecule is Cc1cnnc(NCCC2CC2)c1. The molecule has 70 valence electrons. The van der Waals surface area contributed by atoms with Gasteiger partial charge in [-0.2, -0.15) is 5.10 Å². The first-order valence-electron chi connectivity index (χ1n) is 4.88. The Kier molecular flexibility index (Phi) is 2.43. The van der Waals surface area contributed by atoms with Crippen LogP contribution in [0.5, 0.6) is 0 Å². The van der Waals surface area contributed by atoms with Crippen LogP contribution in [0.15, 0.2) is 12.3 Å². The quantitative estimate of drug-likeness (QED) is 0.764. The molecular formula is C10H15N3. The Balaban J connectivity index is 1.79. The van der Waals surface area contributed by atoms with Crippen LogP contribution >= 0.6 is 0 Å². The van der Waals surface area contributed by atoms with E-state index >= 15 is 0 Å². The number of hydrogen-bond acceptors (Lipinski definition) is 3. The predicted molar refractivity (Wildman–Crippen MR) is 52.6 cm³/mol. The zero-order chi connectivity index (χ0) is 9.10. The maximum atomic E-state index is 4.00. The van der Waals surface area contributed by atoms with E-state index in [1.165, 1.54) is 19.3 Å². The van der Waals surface area contributed by atoms with E-state index in [4.69, 9.17) is 0 Å². The minimum Gasteiger partial charge on any atom is -0.369 e. The van der Waals surface area contributed by atoms with Crippen molar-refractivity contribution in [2.24, 2.45) is 5.92 Å². The standard InChI is InChI=1S/C10H15N3/c1-8-6-10(13-12-7-8)11-5-4-9-2-3-9/h6-7,9H,2-5H2,1H3,(H,11,13). The summed E-state index contributed by atoms with van der Waals surface area (Å²) in [5.41, 5.74) is 1.16. The van der Waals surface area contributed by atoms with Gasteiger partial charge in [-0.1, -0.05) is 12.8 Å². The van der Waals surface area contributed by atoms with Gasteiger partial charge in [0.2, 0.25) is 0 Å². The molecule has 1 heterocycles. The highest BCUT2D eigenvalue weighted by molar-refractivity contribution is 5.34. The molecule has 0 aromatic carbocycles. The van der Waals surface area contributed by atoms with Gasteiger partial charge >= 0.3 is 0 Å². The maximum Gasteiger partial charge on any atom is 0.148 e. The summed E-state index contributed by atoms with van der Waals surface area (Å²) in [6.45, 7) is 3.06. The van der Waals surface area contributed by atoms with E-state index < -0.39 is 0 Å². The first kappa shape index (κ1) is 8.48. The summed E-state index contributed by atoms with van der Waals surface area (Å²) in [6.07, 6.45) is 5.88. The van der Waals surface area contributed by atoms with E-state index in [1.54, 1.807) is 6.20 Å². The Bertz CT molecular complexity index is 281. The number of nitrogens with zero attached hydrogens (tertiary/aromatic N) is 2. The summed E-state index contributed by atoms with van der Waals surface area (Å²) in [7, 11) is 0. The van der Waals surface area contributed by atoms with Crippen LogP contribution < -0.4 is 5.32 Å². The molecule has 3 nitrogen and oxygen atoms in total. The fraction of sp³-hybridized carbons (Fsp3) is 0.600. The average Bonchev–Trinajstić information content (AvgIpc) is 2.88. The summed E-state index contributed by atoms with van der Waals surface area (Å²) in [5.74, 6) is 1.88. The number of aromatic nitrogens is 2. The molecule has 0 aliphatic heterocycles. The lowest BCUT2D eigenvalue weighted by Gasteiger charge is -2.03. The van der Waals surface area contributed by atoms with Crippen LogP contribution in [0.4, 0.5) is 5.82 Å². The molecule has 0 amide bonds. The van der Waals surface area contributed by atoms with Crippen LogP contribution in [-0.2, 0) is 0 Å². The third-order valence-electron chi connectivity index (χ3n) is 2.35. The van der Waals surface area contributed by atoms with Crippen molar-refractivity contribution in [3.05, 3.63) is 17.8 Å². The summed E-state index contributed by atoms with van der Waals surface area (Å²) < 4.78 is 0. The molecule has 1 aromatic heterocycles. The molecule has 0 unspecified atom stereocenters. The largest absolute Gasteiger partial charge is 0.369 e. The molecule has 2 rings (SSSR count). The van der Waals surface area contributed by atoms with E-state index in [0.29, 0.717) is 0 Å². The van der Waals surface area contributed by atoms with Crippen molar-refractivity contribution in [2.45, 2.75) is 26.2 Å². The molecule has 0 bridgehead atoms. The van der Waals surface area contributed by atoms with E-state index in [9.17, 15) is 0 Å². The van der Waals surface area contributed by atoms with Gasteiger partial charge in [-0.3, -0.25) is 0 Å². The molecule has 1 aliphatic rings. The Hall–Kier alpha value is -1.12. The minimum absolute atomic E-state index is 0.903. The van der Waals surface area contributed by atoms with Crippen LogP contribution in [0.1, 0.15) is 24.8 Å². The van der Waals surface area contributed by atoms with Crippen molar-refractivity contribution in [1.82, 2.24) is 10.2 Å². The first-order chi connectivity index (χ1) is 6.34. The van der Waals surface area contributed by atoms with Crippen molar-refractivity contribution >= 4 is 5.82 Å². The fourth-order valence-electron chi connectivity index (χ4n) is 1.36. The van der Waals surface area contributed by atoms with Crippen LogP contribution in [0.3, 0.4) is 0 Å². The molecule has 3 heteroatoms. The number of rotatable bonds is 4. The number of aryl methyl sites for hydroxylation is 1. The lowest BCUT2D eigenvalue weighted by atomic mass is 10.3. The Morgan fingerprint density at radius 3 is 3.08 bits per heavy atom. The molecule has 1 saturated carbocycles. The smallest absolute Gasteiger partial charge is 0.148 e. The van der Waals surface area contributed by atoms with Crippen LogP contribution in [0.25, 0.3) is 0 Å². The van der Waals surface area contributed by atoms with Crippen molar-refractivity contribution in [3.63, 3.8) is 0 Å². The van der Waals surface area contributed by atoms with E-state index in [2.05, 4.69) is 15.5 Å². The monoisotopic (exact) mass is 177 g/mol. The maximum absolute atomic E-state index is 4.00. The molecular weight excluding hydrogens is 162 g/mol. The zero-order valence-electron chi connectivity index (χ0n) is 7.95. The Morgan fingerprint density at radius 2 is 2.38 bits per heavy atom. The van der Waals surface area contributed by atoms with Gasteiger partial charge in [0, 0.05) is 6.54 Å². The fourth-order valence-corrected chi connectivity index (χ4v) is 1.36. The molecule has 0 atom stereocenters. The third kappa shape index (κ3) is 2.68. The molecule has 1 aromatic rings. The first-order valence-corrected chi connectivity index (χ1v) is 4.88. The highest BCUT2D eigenvalue weighted by atomic mass is 15.2. The minimum atomic E-state index is 0.903. The van der Waals surface area contributed by atoms with E-state index in [-0.39, 0.29) is 0 Å². The summed E-state index contributed by atoms with van der Waals surface area (Å²) in [6, 6.07) is 2.03. The molecule has 0 spiro atoms. The van der Waals surface area contributed by atoms with Crippen LogP contribution in [0.2, 0.25) is 0 Å². The second kappa shape index (κ2) is 3.73. The van der Waals surface area contributed by atoms with Gasteiger partial charge in [-0.15, -0.1) is 5.10 Å². The van der Waals surface area contributed by atoms with Crippen molar-refractivity contribution in [2.75, 3.05) is 11.9 Å². The predicted octanol–water partition coefficient (Wildman–Crippen LogP) is 2.00. The average molecular weight is 177 g/mol. The Morgan fingerprint density at radius 1 is 1.54 bits per heavy atom. The summed E-state index contributed by atoms with van der Waals surface area (Å²) in [5, 5.41) is 11.2. The van der Waals surface area contributed by atoms with Crippen molar-refractivity contribution < 1.29 is 0 Å². The van der Waals surface area contributed by atoms with Gasteiger partial charge in [0.15, 0.2) is 0 Å². The summed E-state index contributed by atoms with van der Waals surface area (Å²) in [4.78, 5) is 0. The number of nitrogens with one attached hydrogen (secondary N) is 1. The molecule has 1 aliphatic carbocycles.